The minimum atomic E-state index is -0.393. The van der Waals surface area contributed by atoms with Crippen LogP contribution in [0.25, 0.3) is 0 Å². The second kappa shape index (κ2) is 6.73. The highest BCUT2D eigenvalue weighted by molar-refractivity contribution is 6.42. The summed E-state index contributed by atoms with van der Waals surface area (Å²) in [6.45, 7) is -0.147. The van der Waals surface area contributed by atoms with Crippen LogP contribution in [0.5, 0.6) is 5.75 Å². The van der Waals surface area contributed by atoms with Crippen LogP contribution in [-0.2, 0) is 11.2 Å². The number of carbonyl (C=O) groups excluding carboxylic acids is 1. The van der Waals surface area contributed by atoms with Crippen LogP contribution in [-0.4, -0.2) is 12.4 Å². The zero-order valence-corrected chi connectivity index (χ0v) is 11.9. The van der Waals surface area contributed by atoms with Gasteiger partial charge in [0, 0.05) is 12.5 Å². The summed E-state index contributed by atoms with van der Waals surface area (Å²) in [6, 6.07) is 10.9. The third-order valence-electron chi connectivity index (χ3n) is 2.64. The van der Waals surface area contributed by atoms with E-state index in [-0.39, 0.29) is 18.8 Å². The number of carbonyl (C=O) groups is 1. The molecule has 0 saturated heterocycles. The molecule has 0 heterocycles. The zero-order valence-electron chi connectivity index (χ0n) is 10.4. The van der Waals surface area contributed by atoms with Crippen LogP contribution in [0.4, 0.5) is 4.39 Å². The van der Waals surface area contributed by atoms with Crippen LogP contribution >= 0.6 is 23.2 Å². The monoisotopic (exact) mass is 312 g/mol. The Morgan fingerprint density at radius 1 is 1.10 bits per heavy atom. The van der Waals surface area contributed by atoms with Gasteiger partial charge in [0.15, 0.2) is 5.78 Å². The zero-order chi connectivity index (χ0) is 14.5. The highest BCUT2D eigenvalue weighted by atomic mass is 35.5. The van der Waals surface area contributed by atoms with Crippen LogP contribution in [0.15, 0.2) is 42.5 Å². The topological polar surface area (TPSA) is 26.3 Å². The van der Waals surface area contributed by atoms with Crippen molar-refractivity contribution in [1.29, 1.82) is 0 Å². The summed E-state index contributed by atoms with van der Waals surface area (Å²) >= 11 is 11.6. The molecule has 0 aliphatic heterocycles. The average molecular weight is 313 g/mol. The standard InChI is InChI=1S/C15H11Cl2FO2/c16-13-6-5-12(8-14(13)17)20-9-11(19)7-10-3-1-2-4-15(10)18/h1-6,8H,7,9H2. The van der Waals surface area contributed by atoms with Crippen molar-refractivity contribution in [2.75, 3.05) is 6.61 Å². The molecule has 0 spiro atoms. The molecule has 104 valence electrons. The molecule has 0 bridgehead atoms. The molecule has 0 atom stereocenters. The van der Waals surface area contributed by atoms with E-state index in [0.717, 1.165) is 0 Å². The Balaban J connectivity index is 1.92. The molecule has 0 fully saturated rings. The lowest BCUT2D eigenvalue weighted by atomic mass is 10.1. The van der Waals surface area contributed by atoms with E-state index in [0.29, 0.717) is 21.4 Å². The lowest BCUT2D eigenvalue weighted by Crippen LogP contribution is -2.14. The third kappa shape index (κ3) is 3.95. The van der Waals surface area contributed by atoms with Gasteiger partial charge in [-0.15, -0.1) is 0 Å². The Hall–Kier alpha value is -1.58. The van der Waals surface area contributed by atoms with Crippen molar-refractivity contribution in [3.05, 3.63) is 63.9 Å². The molecule has 0 saturated carbocycles. The minimum Gasteiger partial charge on any atom is -0.486 e. The summed E-state index contributed by atoms with van der Waals surface area (Å²) in [6.07, 6.45) is -0.00596. The fourth-order valence-electron chi connectivity index (χ4n) is 1.64. The summed E-state index contributed by atoms with van der Waals surface area (Å²) < 4.78 is 18.7. The fraction of sp³-hybridized carbons (Fsp3) is 0.133. The largest absolute Gasteiger partial charge is 0.486 e. The summed E-state index contributed by atoms with van der Waals surface area (Å²) in [5, 5.41) is 0.766. The summed E-state index contributed by atoms with van der Waals surface area (Å²) in [5.41, 5.74) is 0.357. The number of Topliss-reactive ketones (excluding diaryl/α,β-unsaturated/α-hetero) is 1. The van der Waals surface area contributed by atoms with E-state index in [2.05, 4.69) is 0 Å². The van der Waals surface area contributed by atoms with E-state index >= 15 is 0 Å². The van der Waals surface area contributed by atoms with Gasteiger partial charge in [-0.05, 0) is 23.8 Å². The number of rotatable bonds is 5. The lowest BCUT2D eigenvalue weighted by Gasteiger charge is -2.07. The number of benzene rings is 2. The molecule has 2 aromatic rings. The Kier molecular flexibility index (Phi) is 4.99. The van der Waals surface area contributed by atoms with E-state index in [1.807, 2.05) is 0 Å². The van der Waals surface area contributed by atoms with E-state index in [1.54, 1.807) is 30.3 Å². The van der Waals surface area contributed by atoms with Crippen molar-refractivity contribution in [2.24, 2.45) is 0 Å². The van der Waals surface area contributed by atoms with Gasteiger partial charge in [0.1, 0.15) is 18.2 Å². The van der Waals surface area contributed by atoms with Crippen molar-refractivity contribution in [3.63, 3.8) is 0 Å². The molecular weight excluding hydrogens is 302 g/mol. The smallest absolute Gasteiger partial charge is 0.174 e. The molecule has 0 aromatic heterocycles. The lowest BCUT2D eigenvalue weighted by molar-refractivity contribution is -0.120. The number of hydrogen-bond donors (Lipinski definition) is 0. The molecule has 0 unspecified atom stereocenters. The molecule has 0 aliphatic carbocycles. The van der Waals surface area contributed by atoms with Crippen molar-refractivity contribution in [1.82, 2.24) is 0 Å². The molecule has 0 aliphatic rings. The van der Waals surface area contributed by atoms with E-state index in [1.165, 1.54) is 12.1 Å². The highest BCUT2D eigenvalue weighted by Crippen LogP contribution is 2.26. The van der Waals surface area contributed by atoms with Crippen LogP contribution in [0.3, 0.4) is 0 Å². The van der Waals surface area contributed by atoms with Crippen molar-refractivity contribution in [2.45, 2.75) is 6.42 Å². The molecule has 2 rings (SSSR count). The summed E-state index contributed by atoms with van der Waals surface area (Å²) in [7, 11) is 0. The first kappa shape index (κ1) is 14.8. The molecular formula is C15H11Cl2FO2. The first-order valence-corrected chi connectivity index (χ1v) is 6.65. The van der Waals surface area contributed by atoms with Crippen molar-refractivity contribution < 1.29 is 13.9 Å². The van der Waals surface area contributed by atoms with Crippen molar-refractivity contribution in [3.8, 4) is 5.75 Å². The second-order valence-electron chi connectivity index (χ2n) is 4.17. The van der Waals surface area contributed by atoms with Gasteiger partial charge < -0.3 is 4.74 Å². The van der Waals surface area contributed by atoms with Gasteiger partial charge in [0.25, 0.3) is 0 Å². The number of halogens is 3. The highest BCUT2D eigenvalue weighted by Gasteiger charge is 2.09. The van der Waals surface area contributed by atoms with Crippen LogP contribution in [0, 0.1) is 5.82 Å². The predicted octanol–water partition coefficient (Wildman–Crippen LogP) is 4.32. The Morgan fingerprint density at radius 3 is 2.55 bits per heavy atom. The molecule has 0 amide bonds. The molecule has 2 nitrogen and oxygen atoms in total. The van der Waals surface area contributed by atoms with E-state index in [4.69, 9.17) is 27.9 Å². The first-order valence-electron chi connectivity index (χ1n) is 5.89. The van der Waals surface area contributed by atoms with Gasteiger partial charge in [-0.25, -0.2) is 4.39 Å². The maximum absolute atomic E-state index is 13.4. The fourth-order valence-corrected chi connectivity index (χ4v) is 1.92. The SMILES string of the molecule is O=C(COc1ccc(Cl)c(Cl)c1)Cc1ccccc1F. The maximum Gasteiger partial charge on any atom is 0.174 e. The maximum atomic E-state index is 13.4. The summed E-state index contributed by atoms with van der Waals surface area (Å²) in [5.74, 6) is -0.169. The third-order valence-corrected chi connectivity index (χ3v) is 3.38. The van der Waals surface area contributed by atoms with Gasteiger partial charge in [-0.1, -0.05) is 41.4 Å². The number of ketones is 1. The number of hydrogen-bond acceptors (Lipinski definition) is 2. The molecule has 0 radical (unpaired) electrons. The van der Waals surface area contributed by atoms with Crippen LogP contribution in [0.2, 0.25) is 10.0 Å². The van der Waals surface area contributed by atoms with Crippen LogP contribution < -0.4 is 4.74 Å². The Bertz CT molecular complexity index is 629. The second-order valence-corrected chi connectivity index (χ2v) is 4.99. The molecule has 0 N–H and O–H groups in total. The Labute approximate surface area is 126 Å². The van der Waals surface area contributed by atoms with E-state index < -0.39 is 5.82 Å². The van der Waals surface area contributed by atoms with Gasteiger partial charge in [0.05, 0.1) is 10.0 Å². The molecule has 20 heavy (non-hydrogen) atoms. The number of ether oxygens (including phenoxy) is 1. The normalized spacial score (nSPS) is 10.3. The summed E-state index contributed by atoms with van der Waals surface area (Å²) in [4.78, 5) is 11.7. The predicted molar refractivity (Wildman–Crippen MR) is 77.1 cm³/mol. The molecule has 2 aromatic carbocycles. The first-order chi connectivity index (χ1) is 9.56. The van der Waals surface area contributed by atoms with Crippen LogP contribution in [0.1, 0.15) is 5.56 Å². The Morgan fingerprint density at radius 2 is 1.85 bits per heavy atom. The minimum absolute atomic E-state index is 0.00596. The van der Waals surface area contributed by atoms with E-state index in [9.17, 15) is 9.18 Å². The quantitative estimate of drug-likeness (QED) is 0.821. The van der Waals surface area contributed by atoms with Crippen molar-refractivity contribution >= 4 is 29.0 Å². The molecule has 5 heteroatoms. The van der Waals surface area contributed by atoms with Gasteiger partial charge in [0.2, 0.25) is 0 Å². The van der Waals surface area contributed by atoms with Gasteiger partial charge >= 0.3 is 0 Å². The average Bonchev–Trinajstić information content (AvgIpc) is 2.43. The van der Waals surface area contributed by atoms with Gasteiger partial charge in [-0.3, -0.25) is 4.79 Å². The van der Waals surface area contributed by atoms with Gasteiger partial charge in [-0.2, -0.15) is 0 Å².